The van der Waals surface area contributed by atoms with Gasteiger partial charge in [0.15, 0.2) is 0 Å². The van der Waals surface area contributed by atoms with Crippen molar-refractivity contribution >= 4 is 23.6 Å². The van der Waals surface area contributed by atoms with Crippen LogP contribution in [0.3, 0.4) is 0 Å². The molecule has 1 aromatic heterocycles. The second-order valence-electron chi connectivity index (χ2n) is 7.27. The second kappa shape index (κ2) is 5.70. The van der Waals surface area contributed by atoms with E-state index in [1.165, 1.54) is 0 Å². The number of aromatic nitrogens is 3. The molecule has 0 amide bonds. The molecule has 2 heterocycles. The molecule has 1 aliphatic rings. The largest absolute Gasteiger partial charge is 0.349 e. The monoisotopic (exact) mass is 347 g/mol. The topological polar surface area (TPSA) is 80.0 Å². The Kier molecular flexibility index (Phi) is 3.95. The van der Waals surface area contributed by atoms with Crippen LogP contribution in [0.15, 0.2) is 18.2 Å². The fourth-order valence-electron chi connectivity index (χ4n) is 2.95. The first-order chi connectivity index (χ1) is 11.2. The molecule has 0 saturated carbocycles. The van der Waals surface area contributed by atoms with Gasteiger partial charge in [0.1, 0.15) is 12.5 Å². The highest BCUT2D eigenvalue weighted by atomic mass is 32.1. The zero-order valence-electron chi connectivity index (χ0n) is 14.2. The number of H-pyrrole nitrogens is 1. The molecule has 0 saturated heterocycles. The van der Waals surface area contributed by atoms with Crippen molar-refractivity contribution in [2.75, 3.05) is 4.90 Å². The molecular weight excluding hydrogens is 326 g/mol. The highest BCUT2D eigenvalue weighted by molar-refractivity contribution is 7.71. The maximum absolute atomic E-state index is 11.0. The highest BCUT2D eigenvalue weighted by Gasteiger charge is 2.28. The van der Waals surface area contributed by atoms with Gasteiger partial charge in [-0.05, 0) is 37.2 Å². The average Bonchev–Trinajstić information content (AvgIpc) is 3.00. The number of anilines is 1. The Morgan fingerprint density at radius 2 is 2.17 bits per heavy atom. The van der Waals surface area contributed by atoms with E-state index in [1.54, 1.807) is 12.1 Å². The summed E-state index contributed by atoms with van der Waals surface area (Å²) in [4.78, 5) is 17.2. The molecule has 0 spiro atoms. The summed E-state index contributed by atoms with van der Waals surface area (Å²) in [6, 6.07) is 5.28. The van der Waals surface area contributed by atoms with Crippen molar-refractivity contribution in [2.24, 2.45) is 0 Å². The Morgan fingerprint density at radius 1 is 1.46 bits per heavy atom. The molecule has 1 aliphatic heterocycles. The van der Waals surface area contributed by atoms with Crippen LogP contribution >= 0.6 is 12.2 Å². The van der Waals surface area contributed by atoms with Crippen molar-refractivity contribution in [1.29, 1.82) is 0 Å². The zero-order chi connectivity index (χ0) is 17.6. The molecule has 1 atom stereocenters. The van der Waals surface area contributed by atoms with Gasteiger partial charge < -0.3 is 4.90 Å². The van der Waals surface area contributed by atoms with Crippen molar-refractivity contribution in [3.8, 4) is 0 Å². The van der Waals surface area contributed by atoms with Crippen LogP contribution in [-0.4, -0.2) is 25.7 Å². The average molecular weight is 347 g/mol. The number of nitrogens with one attached hydrogen (secondary N) is 1. The number of rotatable bonds is 3. The molecule has 7 nitrogen and oxygen atoms in total. The van der Waals surface area contributed by atoms with E-state index in [2.05, 4.69) is 42.7 Å². The number of nitro benzene ring substituents is 1. The van der Waals surface area contributed by atoms with E-state index >= 15 is 0 Å². The first-order valence-electron chi connectivity index (χ1n) is 7.88. The zero-order valence-corrected chi connectivity index (χ0v) is 15.1. The van der Waals surface area contributed by atoms with Crippen LogP contribution in [0.25, 0.3) is 0 Å². The van der Waals surface area contributed by atoms with Gasteiger partial charge in [0.2, 0.25) is 4.77 Å². The predicted octanol–water partition coefficient (Wildman–Crippen LogP) is 3.56. The van der Waals surface area contributed by atoms with Crippen molar-refractivity contribution in [3.63, 3.8) is 0 Å². The second-order valence-corrected chi connectivity index (χ2v) is 7.63. The summed E-state index contributed by atoms with van der Waals surface area (Å²) in [5.41, 5.74) is 2.05. The maximum atomic E-state index is 11.0. The SMILES string of the molecule is C[C@@H]1Cc2cc([N+](=O)[O-])ccc2N1Cn1[nH]c(C(C)(C)C)nc1=S. The van der Waals surface area contributed by atoms with Gasteiger partial charge in [0, 0.05) is 29.3 Å². The number of nitrogens with zero attached hydrogens (tertiary/aromatic N) is 4. The third-order valence-corrected chi connectivity index (χ3v) is 4.63. The molecule has 0 bridgehead atoms. The third kappa shape index (κ3) is 2.93. The first kappa shape index (κ1) is 16.6. The Labute approximate surface area is 145 Å². The number of hydrogen-bond acceptors (Lipinski definition) is 5. The molecule has 0 radical (unpaired) electrons. The van der Waals surface area contributed by atoms with E-state index in [9.17, 15) is 10.1 Å². The summed E-state index contributed by atoms with van der Waals surface area (Å²) < 4.78 is 2.37. The summed E-state index contributed by atoms with van der Waals surface area (Å²) in [6.45, 7) is 8.90. The molecule has 1 N–H and O–H groups in total. The quantitative estimate of drug-likeness (QED) is 0.522. The molecule has 128 valence electrons. The number of nitro groups is 1. The summed E-state index contributed by atoms with van der Waals surface area (Å²) in [5.74, 6) is 0.850. The molecule has 0 aliphatic carbocycles. The van der Waals surface area contributed by atoms with Crippen LogP contribution in [0, 0.1) is 14.9 Å². The Morgan fingerprint density at radius 3 is 2.75 bits per heavy atom. The number of fused-ring (bicyclic) bond motifs is 1. The molecule has 1 aromatic carbocycles. The van der Waals surface area contributed by atoms with Crippen LogP contribution in [0.2, 0.25) is 0 Å². The predicted molar refractivity (Wildman–Crippen MR) is 94.9 cm³/mol. The minimum atomic E-state index is -0.353. The highest BCUT2D eigenvalue weighted by Crippen LogP contribution is 2.35. The minimum Gasteiger partial charge on any atom is -0.349 e. The Bertz CT molecular complexity index is 849. The van der Waals surface area contributed by atoms with Crippen molar-refractivity contribution in [1.82, 2.24) is 14.8 Å². The van der Waals surface area contributed by atoms with Gasteiger partial charge in [-0.1, -0.05) is 20.8 Å². The molecular formula is C16H21N5O2S. The van der Waals surface area contributed by atoms with Crippen LogP contribution < -0.4 is 4.90 Å². The minimum absolute atomic E-state index is 0.103. The molecule has 2 aromatic rings. The van der Waals surface area contributed by atoms with Gasteiger partial charge in [0.25, 0.3) is 5.69 Å². The van der Waals surface area contributed by atoms with E-state index in [4.69, 9.17) is 12.2 Å². The fraction of sp³-hybridized carbons (Fsp3) is 0.500. The number of aromatic amines is 1. The molecule has 0 unspecified atom stereocenters. The van der Waals surface area contributed by atoms with Crippen LogP contribution in [-0.2, 0) is 18.5 Å². The van der Waals surface area contributed by atoms with Gasteiger partial charge in [-0.3, -0.25) is 15.2 Å². The lowest BCUT2D eigenvalue weighted by molar-refractivity contribution is -0.384. The Hall–Kier alpha value is -2.22. The summed E-state index contributed by atoms with van der Waals surface area (Å²) in [5, 5.41) is 14.2. The molecule has 24 heavy (non-hydrogen) atoms. The summed E-state index contributed by atoms with van der Waals surface area (Å²) in [7, 11) is 0. The summed E-state index contributed by atoms with van der Waals surface area (Å²) in [6.07, 6.45) is 0.782. The molecule has 8 heteroatoms. The summed E-state index contributed by atoms with van der Waals surface area (Å²) >= 11 is 5.37. The Balaban J connectivity index is 1.91. The number of non-ortho nitro benzene ring substituents is 1. The smallest absolute Gasteiger partial charge is 0.269 e. The van der Waals surface area contributed by atoms with E-state index in [-0.39, 0.29) is 22.1 Å². The number of benzene rings is 1. The number of hydrogen-bond donors (Lipinski definition) is 1. The first-order valence-corrected chi connectivity index (χ1v) is 8.29. The van der Waals surface area contributed by atoms with Crippen molar-refractivity contribution in [3.05, 3.63) is 44.5 Å². The van der Waals surface area contributed by atoms with E-state index < -0.39 is 0 Å². The van der Waals surface area contributed by atoms with Gasteiger partial charge >= 0.3 is 0 Å². The maximum Gasteiger partial charge on any atom is 0.269 e. The lowest BCUT2D eigenvalue weighted by Gasteiger charge is -2.25. The molecule has 0 fully saturated rings. The normalized spacial score (nSPS) is 17.2. The van der Waals surface area contributed by atoms with Crippen LogP contribution in [0.5, 0.6) is 0 Å². The molecule has 3 rings (SSSR count). The standard InChI is InChI=1S/C16H21N5O2S/c1-10-7-11-8-12(21(22)23)5-6-13(11)19(10)9-20-15(24)17-14(18-20)16(2,3)4/h5-6,8,10H,7,9H2,1-4H3,(H,17,18,24)/t10-/m1/s1. The fourth-order valence-corrected chi connectivity index (χ4v) is 3.15. The lowest BCUT2D eigenvalue weighted by atomic mass is 9.96. The van der Waals surface area contributed by atoms with Gasteiger partial charge in [0.05, 0.1) is 4.92 Å². The van der Waals surface area contributed by atoms with Gasteiger partial charge in [-0.2, -0.15) is 0 Å². The van der Waals surface area contributed by atoms with E-state index in [1.807, 2.05) is 10.7 Å². The van der Waals surface area contributed by atoms with Crippen LogP contribution in [0.4, 0.5) is 11.4 Å². The van der Waals surface area contributed by atoms with E-state index in [0.717, 1.165) is 23.5 Å². The van der Waals surface area contributed by atoms with Gasteiger partial charge in [-0.15, -0.1) is 0 Å². The van der Waals surface area contributed by atoms with Crippen molar-refractivity contribution < 1.29 is 4.92 Å². The van der Waals surface area contributed by atoms with E-state index in [0.29, 0.717) is 11.4 Å². The lowest BCUT2D eigenvalue weighted by Crippen LogP contribution is -2.32. The van der Waals surface area contributed by atoms with Crippen molar-refractivity contribution in [2.45, 2.75) is 52.2 Å². The van der Waals surface area contributed by atoms with Crippen LogP contribution in [0.1, 0.15) is 39.1 Å². The third-order valence-electron chi connectivity index (χ3n) is 4.31. The van der Waals surface area contributed by atoms with Gasteiger partial charge in [-0.25, -0.2) is 9.67 Å².